The van der Waals surface area contributed by atoms with Gasteiger partial charge in [0.15, 0.2) is 0 Å². The van der Waals surface area contributed by atoms with Gasteiger partial charge >= 0.3 is 0 Å². The number of nitrogens with zero attached hydrogens (tertiary/aromatic N) is 2. The Kier molecular flexibility index (Phi) is 2.90. The van der Waals surface area contributed by atoms with Gasteiger partial charge in [-0.05, 0) is 0 Å². The van der Waals surface area contributed by atoms with Gasteiger partial charge in [0.25, 0.3) is 5.69 Å². The third-order valence-electron chi connectivity index (χ3n) is 2.63. The molecular formula is C9H12N2O5. The molecule has 88 valence electrons. The van der Waals surface area contributed by atoms with Crippen molar-refractivity contribution in [2.75, 3.05) is 6.61 Å². The maximum absolute atomic E-state index is 10.5. The largest absolute Gasteiger partial charge is 0.394 e. The number of ether oxygens (including phenoxy) is 1. The number of nitro groups is 1. The van der Waals surface area contributed by atoms with Gasteiger partial charge in [-0.25, -0.2) is 0 Å². The topological polar surface area (TPSA) is 97.8 Å². The quantitative estimate of drug-likeness (QED) is 0.562. The van der Waals surface area contributed by atoms with E-state index < -0.39 is 23.4 Å². The van der Waals surface area contributed by atoms with Crippen LogP contribution in [0.5, 0.6) is 0 Å². The monoisotopic (exact) mass is 228 g/mol. The number of hydrogen-bond donors (Lipinski definition) is 2. The Morgan fingerprint density at radius 2 is 2.44 bits per heavy atom. The Morgan fingerprint density at radius 3 is 2.94 bits per heavy atom. The average Bonchev–Trinajstić information content (AvgIpc) is 2.83. The lowest BCUT2D eigenvalue weighted by molar-refractivity contribution is -0.384. The smallest absolute Gasteiger partial charge is 0.286 e. The molecule has 0 radical (unpaired) electrons. The fourth-order valence-electron chi connectivity index (χ4n) is 1.75. The molecule has 1 aromatic rings. The fraction of sp³-hybridized carbons (Fsp3) is 0.556. The van der Waals surface area contributed by atoms with Crippen LogP contribution in [0.4, 0.5) is 5.69 Å². The van der Waals surface area contributed by atoms with Crippen molar-refractivity contribution in [1.82, 2.24) is 4.57 Å². The van der Waals surface area contributed by atoms with E-state index in [1.54, 1.807) is 0 Å². The number of aliphatic hydroxyl groups excluding tert-OH is 2. The predicted octanol–water partition coefficient (Wildman–Crippen LogP) is 0.0370. The molecule has 1 aliphatic rings. The summed E-state index contributed by atoms with van der Waals surface area (Å²) in [6.45, 7) is -0.263. The SMILES string of the molecule is O=[N+]([O-])c1ccn([C@H]2CC(O)[C@@H](CO)O2)c1. The molecule has 0 bridgehead atoms. The van der Waals surface area contributed by atoms with Gasteiger partial charge in [-0.15, -0.1) is 0 Å². The second-order valence-corrected chi connectivity index (χ2v) is 3.69. The summed E-state index contributed by atoms with van der Waals surface area (Å²) in [4.78, 5) is 9.98. The van der Waals surface area contributed by atoms with Crippen LogP contribution < -0.4 is 0 Å². The minimum Gasteiger partial charge on any atom is -0.394 e. The van der Waals surface area contributed by atoms with Crippen molar-refractivity contribution >= 4 is 5.69 Å². The van der Waals surface area contributed by atoms with Gasteiger partial charge in [0, 0.05) is 18.7 Å². The maximum atomic E-state index is 10.5. The molecule has 2 rings (SSSR count). The Morgan fingerprint density at radius 1 is 1.69 bits per heavy atom. The van der Waals surface area contributed by atoms with Crippen LogP contribution >= 0.6 is 0 Å². The lowest BCUT2D eigenvalue weighted by atomic mass is 10.2. The van der Waals surface area contributed by atoms with Crippen LogP contribution in [0, 0.1) is 10.1 Å². The minimum atomic E-state index is -0.739. The Balaban J connectivity index is 2.11. The van der Waals surface area contributed by atoms with E-state index in [0.29, 0.717) is 6.42 Å². The van der Waals surface area contributed by atoms with Gasteiger partial charge in [0.05, 0.1) is 23.8 Å². The average molecular weight is 228 g/mol. The lowest BCUT2D eigenvalue weighted by Crippen LogP contribution is -2.24. The minimum absolute atomic E-state index is 0.0226. The molecule has 1 saturated heterocycles. The first-order valence-electron chi connectivity index (χ1n) is 4.88. The summed E-state index contributed by atoms with van der Waals surface area (Å²) in [7, 11) is 0. The fourth-order valence-corrected chi connectivity index (χ4v) is 1.75. The van der Waals surface area contributed by atoms with Crippen LogP contribution in [-0.4, -0.2) is 38.5 Å². The zero-order chi connectivity index (χ0) is 11.7. The number of aliphatic hydroxyl groups is 2. The zero-order valence-electron chi connectivity index (χ0n) is 8.39. The molecule has 1 aromatic heterocycles. The summed E-state index contributed by atoms with van der Waals surface area (Å²) < 4.78 is 6.87. The van der Waals surface area contributed by atoms with Crippen LogP contribution in [0.15, 0.2) is 18.5 Å². The number of aromatic nitrogens is 1. The molecule has 0 aromatic carbocycles. The van der Waals surface area contributed by atoms with E-state index in [-0.39, 0.29) is 12.3 Å². The van der Waals surface area contributed by atoms with Crippen LogP contribution in [0.25, 0.3) is 0 Å². The lowest BCUT2D eigenvalue weighted by Gasteiger charge is -2.12. The summed E-state index contributed by atoms with van der Waals surface area (Å²) in [6.07, 6.45) is 1.37. The van der Waals surface area contributed by atoms with E-state index >= 15 is 0 Å². The highest BCUT2D eigenvalue weighted by atomic mass is 16.6. The highest BCUT2D eigenvalue weighted by Crippen LogP contribution is 2.29. The normalized spacial score (nSPS) is 29.5. The molecule has 16 heavy (non-hydrogen) atoms. The molecule has 1 unspecified atom stereocenters. The molecule has 1 aliphatic heterocycles. The van der Waals surface area contributed by atoms with Gasteiger partial charge in [-0.1, -0.05) is 0 Å². The summed E-state index contributed by atoms with van der Waals surface area (Å²) in [6, 6.07) is 1.36. The number of hydrogen-bond acceptors (Lipinski definition) is 5. The molecule has 7 heteroatoms. The first-order chi connectivity index (χ1) is 7.61. The van der Waals surface area contributed by atoms with Crippen molar-refractivity contribution in [3.63, 3.8) is 0 Å². The highest BCUT2D eigenvalue weighted by molar-refractivity contribution is 5.26. The van der Waals surface area contributed by atoms with E-state index in [0.717, 1.165) is 0 Å². The molecule has 0 spiro atoms. The predicted molar refractivity (Wildman–Crippen MR) is 52.7 cm³/mol. The number of rotatable bonds is 3. The van der Waals surface area contributed by atoms with E-state index in [1.807, 2.05) is 0 Å². The Labute approximate surface area is 91.0 Å². The molecule has 2 N–H and O–H groups in total. The molecule has 1 fully saturated rings. The van der Waals surface area contributed by atoms with Crippen molar-refractivity contribution in [3.8, 4) is 0 Å². The summed E-state index contributed by atoms with van der Waals surface area (Å²) in [5.74, 6) is 0. The molecule has 7 nitrogen and oxygen atoms in total. The van der Waals surface area contributed by atoms with Crippen molar-refractivity contribution in [1.29, 1.82) is 0 Å². The van der Waals surface area contributed by atoms with Crippen molar-refractivity contribution in [2.45, 2.75) is 24.9 Å². The molecule has 3 atom stereocenters. The summed E-state index contributed by atoms with van der Waals surface area (Å²) in [5, 5.41) is 28.9. The first-order valence-corrected chi connectivity index (χ1v) is 4.88. The summed E-state index contributed by atoms with van der Waals surface area (Å²) in [5.41, 5.74) is -0.0226. The molecule has 0 saturated carbocycles. The Bertz CT molecular complexity index is 391. The molecular weight excluding hydrogens is 216 g/mol. The second-order valence-electron chi connectivity index (χ2n) is 3.69. The van der Waals surface area contributed by atoms with Crippen LogP contribution in [0.3, 0.4) is 0 Å². The van der Waals surface area contributed by atoms with Gasteiger partial charge in [-0.2, -0.15) is 0 Å². The third kappa shape index (κ3) is 1.92. The zero-order valence-corrected chi connectivity index (χ0v) is 8.39. The van der Waals surface area contributed by atoms with Crippen LogP contribution in [-0.2, 0) is 4.74 Å². The van der Waals surface area contributed by atoms with Gasteiger partial charge in [0.2, 0.25) is 0 Å². The van der Waals surface area contributed by atoms with Gasteiger partial charge in [-0.3, -0.25) is 10.1 Å². The molecule has 0 aliphatic carbocycles. The summed E-state index contributed by atoms with van der Waals surface area (Å²) >= 11 is 0. The molecule has 0 amide bonds. The van der Waals surface area contributed by atoms with Crippen LogP contribution in [0.1, 0.15) is 12.6 Å². The van der Waals surface area contributed by atoms with Gasteiger partial charge in [0.1, 0.15) is 12.3 Å². The Hall–Kier alpha value is -1.44. The van der Waals surface area contributed by atoms with Crippen molar-refractivity contribution in [2.24, 2.45) is 0 Å². The van der Waals surface area contributed by atoms with Gasteiger partial charge < -0.3 is 19.5 Å². The first kappa shape index (κ1) is 11.1. The van der Waals surface area contributed by atoms with E-state index in [4.69, 9.17) is 9.84 Å². The highest BCUT2D eigenvalue weighted by Gasteiger charge is 2.34. The van der Waals surface area contributed by atoms with Crippen molar-refractivity contribution in [3.05, 3.63) is 28.6 Å². The van der Waals surface area contributed by atoms with Crippen molar-refractivity contribution < 1.29 is 19.9 Å². The second kappa shape index (κ2) is 4.20. The standard InChI is InChI=1S/C9H12N2O5/c12-5-8-7(13)3-9(16-8)10-2-1-6(4-10)11(14)15/h1-2,4,7-9,12-13H,3,5H2/t7?,8-,9-/m1/s1. The van der Waals surface area contributed by atoms with E-state index in [2.05, 4.69) is 0 Å². The van der Waals surface area contributed by atoms with Crippen LogP contribution in [0.2, 0.25) is 0 Å². The third-order valence-corrected chi connectivity index (χ3v) is 2.63. The maximum Gasteiger partial charge on any atom is 0.286 e. The van der Waals surface area contributed by atoms with E-state index in [9.17, 15) is 15.2 Å². The molecule has 2 heterocycles. The van der Waals surface area contributed by atoms with E-state index in [1.165, 1.54) is 23.0 Å².